The molecule has 1 heterocycles. The Morgan fingerprint density at radius 2 is 1.93 bits per heavy atom. The second-order valence-electron chi connectivity index (χ2n) is 2.74. The zero-order valence-corrected chi connectivity index (χ0v) is 9.53. The summed E-state index contributed by atoms with van der Waals surface area (Å²) in [7, 11) is 1.58. The first-order valence-electron chi connectivity index (χ1n) is 4.85. The highest BCUT2D eigenvalue weighted by Crippen LogP contribution is 2.10. The quantitative estimate of drug-likeness (QED) is 0.807. The SMILES string of the molecule is CC.COc1cc(NC(C)C)ncn1. The van der Waals surface area contributed by atoms with Crippen molar-refractivity contribution in [3.63, 3.8) is 0 Å². The molecule has 0 amide bonds. The van der Waals surface area contributed by atoms with Gasteiger partial charge in [-0.1, -0.05) is 13.8 Å². The summed E-state index contributed by atoms with van der Waals surface area (Å²) in [4.78, 5) is 7.92. The highest BCUT2D eigenvalue weighted by molar-refractivity contribution is 5.37. The summed E-state index contributed by atoms with van der Waals surface area (Å²) in [6.45, 7) is 8.10. The highest BCUT2D eigenvalue weighted by Gasteiger charge is 1.98. The Hall–Kier alpha value is -1.32. The maximum atomic E-state index is 4.95. The van der Waals surface area contributed by atoms with Gasteiger partial charge >= 0.3 is 0 Å². The van der Waals surface area contributed by atoms with Crippen molar-refractivity contribution < 1.29 is 4.74 Å². The molecule has 0 spiro atoms. The monoisotopic (exact) mass is 197 g/mol. The molecule has 0 aromatic carbocycles. The van der Waals surface area contributed by atoms with Crippen LogP contribution >= 0.6 is 0 Å². The van der Waals surface area contributed by atoms with Gasteiger partial charge in [-0.25, -0.2) is 9.97 Å². The van der Waals surface area contributed by atoms with Gasteiger partial charge in [-0.15, -0.1) is 0 Å². The van der Waals surface area contributed by atoms with Crippen LogP contribution < -0.4 is 10.1 Å². The van der Waals surface area contributed by atoms with Gasteiger partial charge in [0.25, 0.3) is 0 Å². The van der Waals surface area contributed by atoms with Crippen LogP contribution in [-0.4, -0.2) is 23.1 Å². The zero-order valence-electron chi connectivity index (χ0n) is 9.53. The lowest BCUT2D eigenvalue weighted by Crippen LogP contribution is -2.11. The van der Waals surface area contributed by atoms with Crippen molar-refractivity contribution in [2.24, 2.45) is 0 Å². The minimum Gasteiger partial charge on any atom is -0.481 e. The highest BCUT2D eigenvalue weighted by atomic mass is 16.5. The number of hydrogen-bond acceptors (Lipinski definition) is 4. The van der Waals surface area contributed by atoms with Crippen molar-refractivity contribution in [3.05, 3.63) is 12.4 Å². The summed E-state index contributed by atoms with van der Waals surface area (Å²) in [5.41, 5.74) is 0. The van der Waals surface area contributed by atoms with E-state index in [1.165, 1.54) is 6.33 Å². The third-order valence-corrected chi connectivity index (χ3v) is 1.29. The number of methoxy groups -OCH3 is 1. The molecule has 0 bridgehead atoms. The second kappa shape index (κ2) is 7.12. The van der Waals surface area contributed by atoms with E-state index in [4.69, 9.17) is 4.74 Å². The van der Waals surface area contributed by atoms with E-state index in [0.717, 1.165) is 5.82 Å². The lowest BCUT2D eigenvalue weighted by atomic mass is 10.4. The second-order valence-corrected chi connectivity index (χ2v) is 2.74. The van der Waals surface area contributed by atoms with Crippen LogP contribution in [0.2, 0.25) is 0 Å². The lowest BCUT2D eigenvalue weighted by molar-refractivity contribution is 0.397. The summed E-state index contributed by atoms with van der Waals surface area (Å²) in [6, 6.07) is 2.13. The molecule has 0 saturated carbocycles. The normalized spacial score (nSPS) is 9.00. The van der Waals surface area contributed by atoms with Gasteiger partial charge in [0.05, 0.1) is 7.11 Å². The van der Waals surface area contributed by atoms with E-state index in [0.29, 0.717) is 11.9 Å². The number of nitrogens with one attached hydrogen (secondary N) is 1. The third-order valence-electron chi connectivity index (χ3n) is 1.29. The Bertz CT molecular complexity index is 251. The van der Waals surface area contributed by atoms with Crippen LogP contribution in [0.1, 0.15) is 27.7 Å². The molecule has 1 aromatic heterocycles. The lowest BCUT2D eigenvalue weighted by Gasteiger charge is -2.08. The summed E-state index contributed by atoms with van der Waals surface area (Å²) < 4.78 is 4.95. The smallest absolute Gasteiger partial charge is 0.218 e. The average Bonchev–Trinajstić information content (AvgIpc) is 2.20. The van der Waals surface area contributed by atoms with Crippen molar-refractivity contribution in [3.8, 4) is 5.88 Å². The van der Waals surface area contributed by atoms with Crippen LogP contribution in [0.5, 0.6) is 5.88 Å². The van der Waals surface area contributed by atoms with E-state index in [-0.39, 0.29) is 0 Å². The molecule has 14 heavy (non-hydrogen) atoms. The molecule has 0 aliphatic carbocycles. The molecular weight excluding hydrogens is 178 g/mol. The molecule has 80 valence electrons. The van der Waals surface area contributed by atoms with E-state index in [1.54, 1.807) is 13.2 Å². The topological polar surface area (TPSA) is 47.0 Å². The van der Waals surface area contributed by atoms with Crippen LogP contribution in [0, 0.1) is 0 Å². The molecular formula is C10H19N3O. The van der Waals surface area contributed by atoms with Gasteiger partial charge in [-0.2, -0.15) is 0 Å². The van der Waals surface area contributed by atoms with Crippen LogP contribution in [-0.2, 0) is 0 Å². The van der Waals surface area contributed by atoms with Gasteiger partial charge in [-0.05, 0) is 13.8 Å². The van der Waals surface area contributed by atoms with Crippen LogP contribution in [0.4, 0.5) is 5.82 Å². The zero-order chi connectivity index (χ0) is 11.0. The summed E-state index contributed by atoms with van der Waals surface area (Å²) >= 11 is 0. The summed E-state index contributed by atoms with van der Waals surface area (Å²) in [5, 5.41) is 3.15. The molecule has 0 radical (unpaired) electrons. The van der Waals surface area contributed by atoms with Crippen LogP contribution in [0.3, 0.4) is 0 Å². The fourth-order valence-electron chi connectivity index (χ4n) is 0.826. The van der Waals surface area contributed by atoms with Crippen molar-refractivity contribution in [1.29, 1.82) is 0 Å². The molecule has 0 aliphatic heterocycles. The number of anilines is 1. The molecule has 0 unspecified atom stereocenters. The minimum atomic E-state index is 0.365. The maximum Gasteiger partial charge on any atom is 0.218 e. The number of hydrogen-bond donors (Lipinski definition) is 1. The Labute approximate surface area is 85.7 Å². The molecule has 0 fully saturated rings. The predicted octanol–water partition coefficient (Wildman–Crippen LogP) is 2.33. The Morgan fingerprint density at radius 1 is 1.29 bits per heavy atom. The molecule has 1 N–H and O–H groups in total. The first-order valence-corrected chi connectivity index (χ1v) is 4.85. The number of ether oxygens (including phenoxy) is 1. The van der Waals surface area contributed by atoms with Gasteiger partial charge in [0, 0.05) is 12.1 Å². The molecule has 4 heteroatoms. The maximum absolute atomic E-state index is 4.95. The van der Waals surface area contributed by atoms with Crippen LogP contribution in [0.15, 0.2) is 12.4 Å². The van der Waals surface area contributed by atoms with Gasteiger partial charge in [0.2, 0.25) is 5.88 Å². The average molecular weight is 197 g/mol. The van der Waals surface area contributed by atoms with E-state index in [9.17, 15) is 0 Å². The molecule has 4 nitrogen and oxygen atoms in total. The first kappa shape index (κ1) is 12.7. The van der Waals surface area contributed by atoms with Gasteiger partial charge in [-0.3, -0.25) is 0 Å². The van der Waals surface area contributed by atoms with E-state index < -0.39 is 0 Å². The Morgan fingerprint density at radius 3 is 2.43 bits per heavy atom. The molecule has 0 aliphatic rings. The van der Waals surface area contributed by atoms with Crippen LogP contribution in [0.25, 0.3) is 0 Å². The fraction of sp³-hybridized carbons (Fsp3) is 0.600. The molecule has 0 atom stereocenters. The van der Waals surface area contributed by atoms with Crippen molar-refractivity contribution in [2.45, 2.75) is 33.7 Å². The van der Waals surface area contributed by atoms with E-state index in [2.05, 4.69) is 29.1 Å². The number of aromatic nitrogens is 2. The first-order chi connectivity index (χ1) is 6.72. The summed E-state index contributed by atoms with van der Waals surface area (Å²) in [5.74, 6) is 1.37. The van der Waals surface area contributed by atoms with Gasteiger partial charge in [0.1, 0.15) is 12.1 Å². The Kier molecular flexibility index (Phi) is 6.45. The molecule has 1 aromatic rings. The van der Waals surface area contributed by atoms with Gasteiger partial charge < -0.3 is 10.1 Å². The minimum absolute atomic E-state index is 0.365. The standard InChI is InChI=1S/C8H13N3O.C2H6/c1-6(2)11-7-4-8(12-3)10-5-9-7;1-2/h4-6H,1-3H3,(H,9,10,11);1-2H3. The van der Waals surface area contributed by atoms with Crippen molar-refractivity contribution in [2.75, 3.05) is 12.4 Å². The van der Waals surface area contributed by atoms with E-state index in [1.807, 2.05) is 13.8 Å². The predicted molar refractivity (Wildman–Crippen MR) is 58.7 cm³/mol. The molecule has 0 saturated heterocycles. The van der Waals surface area contributed by atoms with Gasteiger partial charge in [0.15, 0.2) is 0 Å². The number of nitrogens with zero attached hydrogens (tertiary/aromatic N) is 2. The fourth-order valence-corrected chi connectivity index (χ4v) is 0.826. The molecule has 1 rings (SSSR count). The van der Waals surface area contributed by atoms with E-state index >= 15 is 0 Å². The van der Waals surface area contributed by atoms with Crippen molar-refractivity contribution >= 4 is 5.82 Å². The van der Waals surface area contributed by atoms with Crippen molar-refractivity contribution in [1.82, 2.24) is 9.97 Å². The third kappa shape index (κ3) is 4.64. The Balaban J connectivity index is 0.000000791. The number of rotatable bonds is 3. The summed E-state index contributed by atoms with van der Waals surface area (Å²) in [6.07, 6.45) is 1.48. The largest absolute Gasteiger partial charge is 0.481 e.